The number of carbonyl (C=O) groups excluding carboxylic acids is 4. The van der Waals surface area contributed by atoms with Crippen molar-refractivity contribution in [3.05, 3.63) is 112 Å². The number of ether oxygens (including phenoxy) is 2. The van der Waals surface area contributed by atoms with Crippen LogP contribution >= 0.6 is 23.1 Å². The van der Waals surface area contributed by atoms with E-state index in [2.05, 4.69) is 16.0 Å². The van der Waals surface area contributed by atoms with Crippen molar-refractivity contribution in [3.8, 4) is 5.75 Å². The zero-order valence-electron chi connectivity index (χ0n) is 28.2. The Bertz CT molecular complexity index is 1850. The number of carbonyl (C=O) groups is 4. The van der Waals surface area contributed by atoms with Gasteiger partial charge in [0.15, 0.2) is 0 Å². The van der Waals surface area contributed by atoms with Crippen molar-refractivity contribution < 1.29 is 28.7 Å². The molecule has 0 saturated carbocycles. The van der Waals surface area contributed by atoms with Crippen LogP contribution in [0.5, 0.6) is 5.75 Å². The van der Waals surface area contributed by atoms with E-state index < -0.39 is 17.8 Å². The molecule has 9 nitrogen and oxygen atoms in total. The number of anilines is 2. The second-order valence-corrected chi connectivity index (χ2v) is 13.7. The highest BCUT2D eigenvalue weighted by Crippen LogP contribution is 2.38. The van der Waals surface area contributed by atoms with Gasteiger partial charge in [-0.2, -0.15) is 0 Å². The molecule has 4 aromatic rings. The summed E-state index contributed by atoms with van der Waals surface area (Å²) in [5.74, 6) is -0.929. The van der Waals surface area contributed by atoms with Gasteiger partial charge in [0.05, 0.1) is 24.5 Å². The lowest BCUT2D eigenvalue weighted by Crippen LogP contribution is -2.30. The second kappa shape index (κ2) is 18.2. The monoisotopic (exact) mass is 711 g/mol. The van der Waals surface area contributed by atoms with Crippen LogP contribution in [-0.4, -0.2) is 42.7 Å². The number of thiophene rings is 1. The van der Waals surface area contributed by atoms with E-state index in [0.717, 1.165) is 53.9 Å². The van der Waals surface area contributed by atoms with E-state index in [9.17, 15) is 19.2 Å². The maximum atomic E-state index is 13.7. The van der Waals surface area contributed by atoms with Crippen LogP contribution in [0.4, 0.5) is 10.7 Å². The van der Waals surface area contributed by atoms with Crippen LogP contribution in [0.1, 0.15) is 76.3 Å². The first-order chi connectivity index (χ1) is 24.4. The van der Waals surface area contributed by atoms with Gasteiger partial charge in [0.1, 0.15) is 16.4 Å². The number of esters is 1. The van der Waals surface area contributed by atoms with Crippen molar-refractivity contribution >= 4 is 63.6 Å². The van der Waals surface area contributed by atoms with Gasteiger partial charge in [-0.1, -0.05) is 55.3 Å². The SMILES string of the molecule is CCOC(=O)c1c(NC(=O)CSc2cccc(NC(=O)/C(=C\c3ccccc3OCC)NC(=O)c3ccccc3)c2)sc2c1CCCCCC2. The minimum Gasteiger partial charge on any atom is -0.493 e. The molecule has 5 rings (SSSR count). The molecule has 0 radical (unpaired) electrons. The van der Waals surface area contributed by atoms with Gasteiger partial charge < -0.3 is 25.4 Å². The molecule has 3 aromatic carbocycles. The molecular formula is C39H41N3O6S2. The molecule has 3 N–H and O–H groups in total. The lowest BCUT2D eigenvalue weighted by Gasteiger charge is -2.13. The molecule has 1 aliphatic carbocycles. The smallest absolute Gasteiger partial charge is 0.341 e. The Kier molecular flexibility index (Phi) is 13.3. The van der Waals surface area contributed by atoms with Crippen LogP contribution in [0, 0.1) is 0 Å². The fourth-order valence-electron chi connectivity index (χ4n) is 5.58. The molecule has 0 saturated heterocycles. The molecule has 0 bridgehead atoms. The second-order valence-electron chi connectivity index (χ2n) is 11.5. The first-order valence-corrected chi connectivity index (χ1v) is 18.6. The van der Waals surface area contributed by atoms with E-state index in [1.54, 1.807) is 67.6 Å². The van der Waals surface area contributed by atoms with Gasteiger partial charge in [0, 0.05) is 26.6 Å². The molecule has 0 aliphatic heterocycles. The van der Waals surface area contributed by atoms with Crippen molar-refractivity contribution in [2.45, 2.75) is 57.3 Å². The van der Waals surface area contributed by atoms with Crippen LogP contribution in [-0.2, 0) is 27.2 Å². The maximum Gasteiger partial charge on any atom is 0.341 e. The van der Waals surface area contributed by atoms with Gasteiger partial charge in [-0.15, -0.1) is 23.1 Å². The summed E-state index contributed by atoms with van der Waals surface area (Å²) >= 11 is 2.78. The van der Waals surface area contributed by atoms with Gasteiger partial charge in [-0.05, 0) is 87.6 Å². The minimum atomic E-state index is -0.528. The number of aryl methyl sites for hydroxylation is 1. The van der Waals surface area contributed by atoms with Gasteiger partial charge >= 0.3 is 5.97 Å². The Balaban J connectivity index is 1.29. The van der Waals surface area contributed by atoms with Crippen molar-refractivity contribution in [3.63, 3.8) is 0 Å². The standard InChI is InChI=1S/C39H41N3O6S2/c1-3-47-32-21-13-12-17-27(32)23-31(41-36(44)26-15-8-7-9-16-26)37(45)40-28-18-14-19-29(24-28)49-25-34(43)42-38-35(39(46)48-4-2)30-20-10-5-6-11-22-33(30)50-38/h7-9,12-19,21,23-24H,3-6,10-11,20,22,25H2,1-2H3,(H,40,45)(H,41,44)(H,42,43)/b31-23+. The molecule has 1 aliphatic rings. The first kappa shape index (κ1) is 36.4. The number of benzene rings is 3. The molecule has 1 aromatic heterocycles. The third-order valence-electron chi connectivity index (χ3n) is 7.91. The van der Waals surface area contributed by atoms with E-state index in [1.807, 2.05) is 31.2 Å². The number of hydrogen-bond acceptors (Lipinski definition) is 8. The topological polar surface area (TPSA) is 123 Å². The lowest BCUT2D eigenvalue weighted by molar-refractivity contribution is -0.114. The van der Waals surface area contributed by atoms with Crippen LogP contribution < -0.4 is 20.7 Å². The Morgan fingerprint density at radius 1 is 0.840 bits per heavy atom. The summed E-state index contributed by atoms with van der Waals surface area (Å²) in [5.41, 5.74) is 3.06. The lowest BCUT2D eigenvalue weighted by atomic mass is 9.96. The first-order valence-electron chi connectivity index (χ1n) is 16.8. The van der Waals surface area contributed by atoms with E-state index in [-0.39, 0.29) is 24.0 Å². The largest absolute Gasteiger partial charge is 0.493 e. The van der Waals surface area contributed by atoms with Crippen molar-refractivity contribution in [1.82, 2.24) is 5.32 Å². The average Bonchev–Trinajstić information content (AvgIpc) is 3.43. The molecule has 1 heterocycles. The van der Waals surface area contributed by atoms with Crippen molar-refractivity contribution in [1.29, 1.82) is 0 Å². The normalized spacial score (nSPS) is 12.9. The van der Waals surface area contributed by atoms with Crippen molar-refractivity contribution in [2.75, 3.05) is 29.6 Å². The zero-order valence-corrected chi connectivity index (χ0v) is 29.8. The molecule has 0 unspecified atom stereocenters. The molecule has 0 atom stereocenters. The van der Waals surface area contributed by atoms with Gasteiger partial charge in [-0.25, -0.2) is 4.79 Å². The third-order valence-corrected chi connectivity index (χ3v) is 10.1. The summed E-state index contributed by atoms with van der Waals surface area (Å²) in [4.78, 5) is 54.8. The quantitative estimate of drug-likeness (QED) is 0.0727. The number of fused-ring (bicyclic) bond motifs is 1. The van der Waals surface area contributed by atoms with E-state index in [1.165, 1.54) is 23.1 Å². The minimum absolute atomic E-state index is 0.0332. The van der Waals surface area contributed by atoms with E-state index >= 15 is 0 Å². The highest BCUT2D eigenvalue weighted by molar-refractivity contribution is 8.00. The Morgan fingerprint density at radius 2 is 1.60 bits per heavy atom. The van der Waals surface area contributed by atoms with Gasteiger partial charge in [0.25, 0.3) is 11.8 Å². The number of rotatable bonds is 13. The van der Waals surface area contributed by atoms with Crippen molar-refractivity contribution in [2.24, 2.45) is 0 Å². The summed E-state index contributed by atoms with van der Waals surface area (Å²) in [5, 5.41) is 9.17. The summed E-state index contributed by atoms with van der Waals surface area (Å²) < 4.78 is 11.1. The summed E-state index contributed by atoms with van der Waals surface area (Å²) in [7, 11) is 0. The highest BCUT2D eigenvalue weighted by Gasteiger charge is 2.26. The predicted molar refractivity (Wildman–Crippen MR) is 200 cm³/mol. The summed E-state index contributed by atoms with van der Waals surface area (Å²) in [6, 6.07) is 23.1. The number of thioether (sulfide) groups is 1. The molecular weight excluding hydrogens is 671 g/mol. The van der Waals surface area contributed by atoms with Crippen LogP contribution in [0.3, 0.4) is 0 Å². The Labute approximate surface area is 300 Å². The maximum absolute atomic E-state index is 13.7. The predicted octanol–water partition coefficient (Wildman–Crippen LogP) is 8.12. The van der Waals surface area contributed by atoms with E-state index in [0.29, 0.717) is 39.7 Å². The van der Waals surface area contributed by atoms with E-state index in [4.69, 9.17) is 9.47 Å². The number of amides is 3. The Morgan fingerprint density at radius 3 is 2.38 bits per heavy atom. The van der Waals surface area contributed by atoms with Gasteiger partial charge in [-0.3, -0.25) is 14.4 Å². The van der Waals surface area contributed by atoms with Crippen LogP contribution in [0.2, 0.25) is 0 Å². The number of nitrogens with one attached hydrogen (secondary N) is 3. The number of hydrogen-bond donors (Lipinski definition) is 3. The average molecular weight is 712 g/mol. The zero-order chi connectivity index (χ0) is 35.3. The van der Waals surface area contributed by atoms with Crippen LogP contribution in [0.25, 0.3) is 6.08 Å². The highest BCUT2D eigenvalue weighted by atomic mass is 32.2. The molecule has 3 amide bonds. The fraction of sp³-hybridized carbons (Fsp3) is 0.282. The Hall–Kier alpha value is -4.87. The third kappa shape index (κ3) is 9.86. The van der Waals surface area contributed by atoms with Gasteiger partial charge in [0.2, 0.25) is 5.91 Å². The summed E-state index contributed by atoms with van der Waals surface area (Å²) in [6.07, 6.45) is 7.62. The number of para-hydroxylation sites is 1. The molecule has 0 fully saturated rings. The fourth-order valence-corrected chi connectivity index (χ4v) is 7.63. The molecule has 260 valence electrons. The summed E-state index contributed by atoms with van der Waals surface area (Å²) in [6.45, 7) is 4.35. The molecule has 0 spiro atoms. The molecule has 11 heteroatoms. The molecule has 50 heavy (non-hydrogen) atoms. The van der Waals surface area contributed by atoms with Crippen LogP contribution in [0.15, 0.2) is 89.5 Å².